The molecule has 1 fully saturated rings. The molecule has 0 radical (unpaired) electrons. The smallest absolute Gasteiger partial charge is 0.315 e. The van der Waals surface area contributed by atoms with Crippen LogP contribution >= 0.6 is 11.6 Å². The molecule has 20 heavy (non-hydrogen) atoms. The van der Waals surface area contributed by atoms with Gasteiger partial charge in [0.1, 0.15) is 0 Å². The fraction of sp³-hybridized carbons (Fsp3) is 0.429. The van der Waals surface area contributed by atoms with Crippen LogP contribution in [0.1, 0.15) is 25.3 Å². The summed E-state index contributed by atoms with van der Waals surface area (Å²) >= 11 is 5.94. The average molecular weight is 294 g/mol. The minimum Gasteiger partial charge on any atom is -0.315 e. The van der Waals surface area contributed by atoms with Crippen molar-refractivity contribution in [2.75, 3.05) is 13.1 Å². The Balaban J connectivity index is 2.19. The Morgan fingerprint density at radius 3 is 2.95 bits per heavy atom. The number of halogens is 1. The molecule has 0 saturated carbocycles. The van der Waals surface area contributed by atoms with Crippen LogP contribution in [0, 0.1) is 0 Å². The van der Waals surface area contributed by atoms with Crippen LogP contribution in [0.5, 0.6) is 0 Å². The van der Waals surface area contributed by atoms with Crippen molar-refractivity contribution in [3.05, 3.63) is 44.1 Å². The maximum atomic E-state index is 12.6. The third-order valence-electron chi connectivity index (χ3n) is 3.78. The van der Waals surface area contributed by atoms with Gasteiger partial charge in [-0.05, 0) is 37.6 Å². The SMILES string of the molecule is O=c1[nH]c2ccc(Cl)cc2c(=O)n1C1CCCCNC1. The lowest BCUT2D eigenvalue weighted by Crippen LogP contribution is -2.41. The lowest BCUT2D eigenvalue weighted by Gasteiger charge is -2.17. The van der Waals surface area contributed by atoms with Gasteiger partial charge in [0.2, 0.25) is 0 Å². The summed E-state index contributed by atoms with van der Waals surface area (Å²) in [5.41, 5.74) is -0.0827. The van der Waals surface area contributed by atoms with E-state index in [4.69, 9.17) is 11.6 Å². The van der Waals surface area contributed by atoms with Crippen molar-refractivity contribution in [1.82, 2.24) is 14.9 Å². The number of nitrogens with zero attached hydrogens (tertiary/aromatic N) is 1. The van der Waals surface area contributed by atoms with E-state index in [2.05, 4.69) is 10.3 Å². The van der Waals surface area contributed by atoms with Gasteiger partial charge in [0, 0.05) is 11.6 Å². The molecular formula is C14H16ClN3O2. The first-order chi connectivity index (χ1) is 9.66. The molecular weight excluding hydrogens is 278 g/mol. The minimum atomic E-state index is -0.349. The fourth-order valence-electron chi connectivity index (χ4n) is 2.75. The van der Waals surface area contributed by atoms with Crippen LogP contribution in [-0.2, 0) is 0 Å². The quantitative estimate of drug-likeness (QED) is 0.840. The van der Waals surface area contributed by atoms with Crippen LogP contribution in [-0.4, -0.2) is 22.6 Å². The van der Waals surface area contributed by atoms with Crippen molar-refractivity contribution in [3.8, 4) is 0 Å². The third kappa shape index (κ3) is 2.39. The average Bonchev–Trinajstić information content (AvgIpc) is 2.69. The second kappa shape index (κ2) is 5.42. The third-order valence-corrected chi connectivity index (χ3v) is 4.01. The molecule has 0 amide bonds. The van der Waals surface area contributed by atoms with Crippen LogP contribution < -0.4 is 16.6 Å². The molecule has 0 bridgehead atoms. The molecule has 1 atom stereocenters. The Morgan fingerprint density at radius 1 is 1.25 bits per heavy atom. The van der Waals surface area contributed by atoms with E-state index >= 15 is 0 Å². The van der Waals surface area contributed by atoms with Crippen LogP contribution in [0.3, 0.4) is 0 Å². The lowest BCUT2D eigenvalue weighted by molar-refractivity contribution is 0.435. The zero-order valence-corrected chi connectivity index (χ0v) is 11.7. The first-order valence-electron chi connectivity index (χ1n) is 6.81. The molecule has 1 saturated heterocycles. The molecule has 1 aliphatic rings. The molecule has 6 heteroatoms. The van der Waals surface area contributed by atoms with Crippen molar-refractivity contribution in [1.29, 1.82) is 0 Å². The number of rotatable bonds is 1. The molecule has 1 aliphatic heterocycles. The van der Waals surface area contributed by atoms with Crippen molar-refractivity contribution < 1.29 is 0 Å². The summed E-state index contributed by atoms with van der Waals surface area (Å²) in [4.78, 5) is 27.5. The highest BCUT2D eigenvalue weighted by atomic mass is 35.5. The van der Waals surface area contributed by atoms with Crippen LogP contribution in [0.2, 0.25) is 5.02 Å². The van der Waals surface area contributed by atoms with Crippen molar-refractivity contribution in [2.45, 2.75) is 25.3 Å². The summed E-state index contributed by atoms with van der Waals surface area (Å²) in [7, 11) is 0. The maximum Gasteiger partial charge on any atom is 0.329 e. The largest absolute Gasteiger partial charge is 0.329 e. The summed E-state index contributed by atoms with van der Waals surface area (Å²) in [6.07, 6.45) is 2.92. The van der Waals surface area contributed by atoms with Crippen molar-refractivity contribution >= 4 is 22.5 Å². The monoisotopic (exact) mass is 293 g/mol. The molecule has 2 N–H and O–H groups in total. The van der Waals surface area contributed by atoms with Gasteiger partial charge in [-0.1, -0.05) is 18.0 Å². The van der Waals surface area contributed by atoms with Gasteiger partial charge < -0.3 is 10.3 Å². The van der Waals surface area contributed by atoms with E-state index in [0.717, 1.165) is 25.8 Å². The van der Waals surface area contributed by atoms with E-state index in [1.165, 1.54) is 4.57 Å². The number of hydrogen-bond acceptors (Lipinski definition) is 3. The molecule has 106 valence electrons. The summed E-state index contributed by atoms with van der Waals surface area (Å²) in [6, 6.07) is 4.83. The van der Waals surface area contributed by atoms with Crippen molar-refractivity contribution in [3.63, 3.8) is 0 Å². The Bertz CT molecular complexity index is 742. The predicted molar refractivity (Wildman–Crippen MR) is 79.6 cm³/mol. The number of H-pyrrole nitrogens is 1. The molecule has 2 aromatic rings. The first kappa shape index (κ1) is 13.4. The number of nitrogens with one attached hydrogen (secondary N) is 2. The van der Waals surface area contributed by atoms with Crippen LogP contribution in [0.4, 0.5) is 0 Å². The number of aromatic amines is 1. The molecule has 0 aliphatic carbocycles. The van der Waals surface area contributed by atoms with Gasteiger partial charge in [0.15, 0.2) is 0 Å². The highest BCUT2D eigenvalue weighted by molar-refractivity contribution is 6.31. The Kier molecular flexibility index (Phi) is 3.63. The van der Waals surface area contributed by atoms with Gasteiger partial charge in [0.05, 0.1) is 16.9 Å². The van der Waals surface area contributed by atoms with Gasteiger partial charge in [-0.3, -0.25) is 9.36 Å². The normalized spacial score (nSPS) is 19.9. The van der Waals surface area contributed by atoms with Gasteiger partial charge in [-0.2, -0.15) is 0 Å². The zero-order chi connectivity index (χ0) is 14.1. The molecule has 2 heterocycles. The molecule has 5 nitrogen and oxygen atoms in total. The molecule has 1 aromatic heterocycles. The number of fused-ring (bicyclic) bond motifs is 1. The molecule has 3 rings (SSSR count). The number of aromatic nitrogens is 2. The topological polar surface area (TPSA) is 66.9 Å². The van der Waals surface area contributed by atoms with Crippen LogP contribution in [0.15, 0.2) is 27.8 Å². The van der Waals surface area contributed by atoms with Crippen LogP contribution in [0.25, 0.3) is 10.9 Å². The summed E-state index contributed by atoms with van der Waals surface area (Å²) < 4.78 is 1.33. The second-order valence-electron chi connectivity index (χ2n) is 5.15. The Labute approximate surface area is 120 Å². The van der Waals surface area contributed by atoms with Gasteiger partial charge in [0.25, 0.3) is 5.56 Å². The van der Waals surface area contributed by atoms with E-state index < -0.39 is 0 Å². The highest BCUT2D eigenvalue weighted by Crippen LogP contribution is 2.17. The van der Waals surface area contributed by atoms with Gasteiger partial charge in [-0.25, -0.2) is 4.79 Å². The Hall–Kier alpha value is -1.59. The number of benzene rings is 1. The summed E-state index contributed by atoms with van der Waals surface area (Å²) in [5.74, 6) is 0. The molecule has 0 spiro atoms. The summed E-state index contributed by atoms with van der Waals surface area (Å²) in [5, 5.41) is 4.22. The second-order valence-corrected chi connectivity index (χ2v) is 5.59. The maximum absolute atomic E-state index is 12.6. The molecule has 1 unspecified atom stereocenters. The van der Waals surface area contributed by atoms with Gasteiger partial charge in [-0.15, -0.1) is 0 Å². The minimum absolute atomic E-state index is 0.0999. The molecule has 1 aromatic carbocycles. The zero-order valence-electron chi connectivity index (χ0n) is 11.0. The van der Waals surface area contributed by atoms with Crippen molar-refractivity contribution in [2.24, 2.45) is 0 Å². The highest BCUT2D eigenvalue weighted by Gasteiger charge is 2.19. The van der Waals surface area contributed by atoms with E-state index in [0.29, 0.717) is 22.5 Å². The van der Waals surface area contributed by atoms with Gasteiger partial charge >= 0.3 is 5.69 Å². The summed E-state index contributed by atoms with van der Waals surface area (Å²) in [6.45, 7) is 1.58. The predicted octanol–water partition coefficient (Wildman–Crippen LogP) is 1.66. The number of hydrogen-bond donors (Lipinski definition) is 2. The Morgan fingerprint density at radius 2 is 2.10 bits per heavy atom. The first-order valence-corrected chi connectivity index (χ1v) is 7.19. The van der Waals surface area contributed by atoms with E-state index in [9.17, 15) is 9.59 Å². The van der Waals surface area contributed by atoms with E-state index in [1.54, 1.807) is 18.2 Å². The van der Waals surface area contributed by atoms with E-state index in [-0.39, 0.29) is 17.3 Å². The standard InChI is InChI=1S/C14H16ClN3O2/c15-9-4-5-12-11(7-9)13(19)18(14(20)17-12)10-3-1-2-6-16-8-10/h4-5,7,10,16H,1-3,6,8H2,(H,17,20). The lowest BCUT2D eigenvalue weighted by atomic mass is 10.1. The fourth-order valence-corrected chi connectivity index (χ4v) is 2.92. The van der Waals surface area contributed by atoms with E-state index in [1.807, 2.05) is 0 Å².